The standard InChI is InChI=1S/C20H22N6OS/c1-13-10-14(2)23-20(22-13)28-12-19(27)24-21-11-18-15(3)25-26(16(18)4)17-8-6-5-7-9-17/h5-11H,12H2,1-4H3,(H,24,27). The molecule has 0 saturated carbocycles. The maximum Gasteiger partial charge on any atom is 0.250 e. The van der Waals surface area contributed by atoms with Crippen LogP contribution < -0.4 is 5.43 Å². The SMILES string of the molecule is Cc1cc(C)nc(SCC(=O)NN=Cc2c(C)nn(-c3ccccc3)c2C)n1. The van der Waals surface area contributed by atoms with Crippen LogP contribution in [-0.2, 0) is 4.79 Å². The van der Waals surface area contributed by atoms with E-state index in [1.54, 1.807) is 6.21 Å². The Morgan fingerprint density at radius 2 is 1.82 bits per heavy atom. The third kappa shape index (κ3) is 4.83. The van der Waals surface area contributed by atoms with Crippen molar-refractivity contribution >= 4 is 23.9 Å². The van der Waals surface area contributed by atoms with E-state index in [-0.39, 0.29) is 11.7 Å². The molecule has 0 fully saturated rings. The second kappa shape index (κ2) is 8.79. The summed E-state index contributed by atoms with van der Waals surface area (Å²) < 4.78 is 1.87. The Labute approximate surface area is 168 Å². The van der Waals surface area contributed by atoms with E-state index in [9.17, 15) is 4.79 Å². The number of para-hydroxylation sites is 1. The van der Waals surface area contributed by atoms with Crippen molar-refractivity contribution in [1.82, 2.24) is 25.2 Å². The highest BCUT2D eigenvalue weighted by molar-refractivity contribution is 7.99. The number of amides is 1. The number of benzene rings is 1. The topological polar surface area (TPSA) is 85.1 Å². The molecule has 0 spiro atoms. The van der Waals surface area contributed by atoms with Crippen LogP contribution >= 0.6 is 11.8 Å². The summed E-state index contributed by atoms with van der Waals surface area (Å²) in [5.74, 6) is -0.0173. The normalized spacial score (nSPS) is 11.1. The molecule has 3 aromatic rings. The molecule has 2 aromatic heterocycles. The van der Waals surface area contributed by atoms with Crippen LogP contribution in [-0.4, -0.2) is 37.6 Å². The zero-order valence-electron chi connectivity index (χ0n) is 16.3. The number of rotatable bonds is 6. The molecule has 1 N–H and O–H groups in total. The molecule has 0 aliphatic rings. The van der Waals surface area contributed by atoms with E-state index in [0.717, 1.165) is 34.0 Å². The van der Waals surface area contributed by atoms with Crippen molar-refractivity contribution in [2.75, 3.05) is 5.75 Å². The van der Waals surface area contributed by atoms with E-state index in [2.05, 4.69) is 25.6 Å². The van der Waals surface area contributed by atoms with Gasteiger partial charge in [-0.05, 0) is 45.9 Å². The van der Waals surface area contributed by atoms with Crippen molar-refractivity contribution in [2.24, 2.45) is 5.10 Å². The minimum atomic E-state index is -0.213. The van der Waals surface area contributed by atoms with Crippen molar-refractivity contribution < 1.29 is 4.79 Å². The lowest BCUT2D eigenvalue weighted by atomic mass is 10.2. The van der Waals surface area contributed by atoms with Gasteiger partial charge in [-0.25, -0.2) is 20.1 Å². The van der Waals surface area contributed by atoms with Gasteiger partial charge in [0, 0.05) is 17.0 Å². The number of aryl methyl sites for hydroxylation is 3. The second-order valence-corrected chi connectivity index (χ2v) is 7.29. The first-order valence-corrected chi connectivity index (χ1v) is 9.81. The number of hydrogen-bond donors (Lipinski definition) is 1. The molecule has 7 nitrogen and oxygen atoms in total. The van der Waals surface area contributed by atoms with E-state index in [4.69, 9.17) is 0 Å². The minimum absolute atomic E-state index is 0.196. The predicted molar refractivity (Wildman–Crippen MR) is 111 cm³/mol. The van der Waals surface area contributed by atoms with Gasteiger partial charge in [0.2, 0.25) is 0 Å². The third-order valence-electron chi connectivity index (χ3n) is 4.03. The second-order valence-electron chi connectivity index (χ2n) is 6.35. The smallest absolute Gasteiger partial charge is 0.250 e. The van der Waals surface area contributed by atoms with E-state index in [1.807, 2.05) is 68.8 Å². The van der Waals surface area contributed by atoms with Gasteiger partial charge in [0.05, 0.1) is 29.0 Å². The molecule has 0 radical (unpaired) electrons. The van der Waals surface area contributed by atoms with Gasteiger partial charge in [-0.2, -0.15) is 10.2 Å². The summed E-state index contributed by atoms with van der Waals surface area (Å²) in [5.41, 5.74) is 7.99. The van der Waals surface area contributed by atoms with Crippen molar-refractivity contribution in [3.05, 3.63) is 64.7 Å². The Kier molecular flexibility index (Phi) is 6.20. The lowest BCUT2D eigenvalue weighted by molar-refractivity contribution is -0.118. The van der Waals surface area contributed by atoms with Crippen molar-refractivity contribution in [2.45, 2.75) is 32.9 Å². The van der Waals surface area contributed by atoms with Gasteiger partial charge in [0.1, 0.15) is 0 Å². The summed E-state index contributed by atoms with van der Waals surface area (Å²) in [4.78, 5) is 20.7. The molecule has 0 aliphatic heterocycles. The van der Waals surface area contributed by atoms with Gasteiger partial charge >= 0.3 is 0 Å². The largest absolute Gasteiger partial charge is 0.272 e. The first kappa shape index (κ1) is 19.8. The molecular weight excluding hydrogens is 372 g/mol. The van der Waals surface area contributed by atoms with Gasteiger partial charge in [-0.3, -0.25) is 4.79 Å². The van der Waals surface area contributed by atoms with E-state index < -0.39 is 0 Å². The fourth-order valence-corrected chi connectivity index (χ4v) is 3.49. The van der Waals surface area contributed by atoms with Gasteiger partial charge in [-0.15, -0.1) is 0 Å². The van der Waals surface area contributed by atoms with Crippen LogP contribution in [0.3, 0.4) is 0 Å². The maximum atomic E-state index is 12.1. The van der Waals surface area contributed by atoms with Gasteiger partial charge in [0.25, 0.3) is 5.91 Å². The number of thioether (sulfide) groups is 1. The van der Waals surface area contributed by atoms with Crippen LogP contribution in [0.5, 0.6) is 0 Å². The molecule has 2 heterocycles. The summed E-state index contributed by atoms with van der Waals surface area (Å²) in [6.07, 6.45) is 1.63. The number of hydrazone groups is 1. The summed E-state index contributed by atoms with van der Waals surface area (Å²) >= 11 is 1.29. The molecule has 3 rings (SSSR count). The van der Waals surface area contributed by atoms with E-state index >= 15 is 0 Å². The van der Waals surface area contributed by atoms with Crippen LogP contribution in [0.15, 0.2) is 46.7 Å². The highest BCUT2D eigenvalue weighted by Gasteiger charge is 2.11. The molecule has 0 atom stereocenters. The van der Waals surface area contributed by atoms with Crippen LogP contribution in [0.25, 0.3) is 5.69 Å². The quantitative estimate of drug-likeness (QED) is 0.300. The molecule has 0 unspecified atom stereocenters. The molecule has 1 amide bonds. The number of carbonyl (C=O) groups is 1. The molecule has 28 heavy (non-hydrogen) atoms. The van der Waals surface area contributed by atoms with E-state index in [1.165, 1.54) is 11.8 Å². The number of aromatic nitrogens is 4. The lowest BCUT2D eigenvalue weighted by Crippen LogP contribution is -2.20. The van der Waals surface area contributed by atoms with Crippen LogP contribution in [0.4, 0.5) is 0 Å². The van der Waals surface area contributed by atoms with Crippen LogP contribution in [0.1, 0.15) is 28.3 Å². The highest BCUT2D eigenvalue weighted by atomic mass is 32.2. The molecule has 0 aliphatic carbocycles. The first-order chi connectivity index (χ1) is 13.4. The first-order valence-electron chi connectivity index (χ1n) is 8.82. The fraction of sp³-hybridized carbons (Fsp3) is 0.250. The Hall–Kier alpha value is -3.00. The fourth-order valence-electron chi connectivity index (χ4n) is 2.75. The summed E-state index contributed by atoms with van der Waals surface area (Å²) in [6.45, 7) is 7.71. The monoisotopic (exact) mass is 394 g/mol. The van der Waals surface area contributed by atoms with Crippen molar-refractivity contribution in [1.29, 1.82) is 0 Å². The highest BCUT2D eigenvalue weighted by Crippen LogP contribution is 2.16. The number of nitrogens with one attached hydrogen (secondary N) is 1. The Morgan fingerprint density at radius 3 is 2.50 bits per heavy atom. The number of hydrogen-bond acceptors (Lipinski definition) is 6. The van der Waals surface area contributed by atoms with Gasteiger partial charge < -0.3 is 0 Å². The van der Waals surface area contributed by atoms with Gasteiger partial charge in [-0.1, -0.05) is 30.0 Å². The lowest BCUT2D eigenvalue weighted by Gasteiger charge is -2.03. The predicted octanol–water partition coefficient (Wildman–Crippen LogP) is 3.14. The molecular formula is C20H22N6OS. The molecule has 1 aromatic carbocycles. The molecule has 0 bridgehead atoms. The number of carbonyl (C=O) groups excluding carboxylic acids is 1. The Balaban J connectivity index is 1.61. The summed E-state index contributed by atoms with van der Waals surface area (Å²) in [6, 6.07) is 11.8. The summed E-state index contributed by atoms with van der Waals surface area (Å²) in [5, 5.41) is 9.24. The Bertz CT molecular complexity index is 993. The van der Waals surface area contributed by atoms with Crippen molar-refractivity contribution in [3.63, 3.8) is 0 Å². The van der Waals surface area contributed by atoms with Gasteiger partial charge in [0.15, 0.2) is 5.16 Å². The summed E-state index contributed by atoms with van der Waals surface area (Å²) in [7, 11) is 0. The average molecular weight is 395 g/mol. The number of nitrogens with zero attached hydrogens (tertiary/aromatic N) is 5. The average Bonchev–Trinajstić information content (AvgIpc) is 2.94. The van der Waals surface area contributed by atoms with Crippen LogP contribution in [0, 0.1) is 27.7 Å². The third-order valence-corrected chi connectivity index (χ3v) is 4.87. The molecule has 144 valence electrons. The Morgan fingerprint density at radius 1 is 1.14 bits per heavy atom. The molecule has 8 heteroatoms. The maximum absolute atomic E-state index is 12.1. The zero-order valence-corrected chi connectivity index (χ0v) is 17.1. The van der Waals surface area contributed by atoms with E-state index in [0.29, 0.717) is 5.16 Å². The zero-order chi connectivity index (χ0) is 20.1. The van der Waals surface area contributed by atoms with Crippen molar-refractivity contribution in [3.8, 4) is 5.69 Å². The minimum Gasteiger partial charge on any atom is -0.272 e. The molecule has 0 saturated heterocycles. The van der Waals surface area contributed by atoms with Crippen LogP contribution in [0.2, 0.25) is 0 Å².